The van der Waals surface area contributed by atoms with E-state index >= 15 is 0 Å². The molecule has 1 aliphatic rings. The molecule has 254 valence electrons. The van der Waals surface area contributed by atoms with Crippen LogP contribution in [0.5, 0.6) is 0 Å². The zero-order valence-electron chi connectivity index (χ0n) is 27.6. The average molecular weight is 667 g/mol. The van der Waals surface area contributed by atoms with E-state index in [0.717, 1.165) is 11.1 Å². The summed E-state index contributed by atoms with van der Waals surface area (Å²) >= 11 is 0. The Morgan fingerprint density at radius 3 is 2.21 bits per heavy atom. The highest BCUT2D eigenvalue weighted by Crippen LogP contribution is 2.21. The first-order chi connectivity index (χ1) is 22.4. The monoisotopic (exact) mass is 666 g/mol. The summed E-state index contributed by atoms with van der Waals surface area (Å²) in [6, 6.07) is 17.2. The number of rotatable bonds is 7. The average Bonchev–Trinajstić information content (AvgIpc) is 3.39. The van der Waals surface area contributed by atoms with Crippen LogP contribution in [-0.4, -0.2) is 82.2 Å². The van der Waals surface area contributed by atoms with E-state index in [1.54, 1.807) is 6.92 Å². The van der Waals surface area contributed by atoms with Gasteiger partial charge in [-0.1, -0.05) is 74.5 Å². The van der Waals surface area contributed by atoms with Gasteiger partial charge in [0.15, 0.2) is 5.82 Å². The Labute approximate surface area is 277 Å². The summed E-state index contributed by atoms with van der Waals surface area (Å²) in [6.07, 6.45) is 0.879. The lowest BCUT2D eigenvalue weighted by Gasteiger charge is -2.28. The molecule has 2 aromatic carbocycles. The molecule has 3 N–H and O–H groups in total. The summed E-state index contributed by atoms with van der Waals surface area (Å²) in [5, 5.41) is 13.2. The predicted molar refractivity (Wildman–Crippen MR) is 178 cm³/mol. The van der Waals surface area contributed by atoms with Gasteiger partial charge in [0.25, 0.3) is 10.2 Å². The fourth-order valence-corrected chi connectivity index (χ4v) is 6.91. The van der Waals surface area contributed by atoms with Gasteiger partial charge in [0, 0.05) is 46.1 Å². The molecule has 4 rings (SSSR count). The lowest BCUT2D eigenvalue weighted by atomic mass is 10.0. The summed E-state index contributed by atoms with van der Waals surface area (Å²) in [4.78, 5) is 44.6. The summed E-state index contributed by atoms with van der Waals surface area (Å²) in [5.74, 6) is -0.277. The third-order valence-electron chi connectivity index (χ3n) is 7.96. The van der Waals surface area contributed by atoms with Gasteiger partial charge < -0.3 is 16.0 Å². The summed E-state index contributed by atoms with van der Waals surface area (Å²) in [6.45, 7) is 6.13. The first kappa shape index (κ1) is 35.7. The minimum absolute atomic E-state index is 0.0187. The molecule has 1 aliphatic heterocycles. The van der Waals surface area contributed by atoms with Crippen molar-refractivity contribution in [2.24, 2.45) is 5.92 Å². The Balaban J connectivity index is 1.59. The molecular weight excluding hydrogens is 620 g/mol. The van der Waals surface area contributed by atoms with Crippen molar-refractivity contribution in [3.63, 3.8) is 0 Å². The largest absolute Gasteiger partial charge is 0.354 e. The highest BCUT2D eigenvalue weighted by atomic mass is 32.2. The zero-order chi connectivity index (χ0) is 34.0. The first-order valence-corrected chi connectivity index (χ1v) is 17.4. The SMILES string of the molecule is Cc1nc2n(n1)CC(=O)NCCCN(S(=O)(=O)N(C)Cc1ccccc1)CCCC(=O)N[C@H](Cc1ccccc1)C(=O)N[C@H]2C(C)C. The molecule has 0 spiro atoms. The number of benzene rings is 2. The number of amides is 3. The lowest BCUT2D eigenvalue weighted by molar-refractivity contribution is -0.129. The highest BCUT2D eigenvalue weighted by molar-refractivity contribution is 7.86. The molecule has 2 heterocycles. The van der Waals surface area contributed by atoms with Gasteiger partial charge in [0.05, 0.1) is 6.04 Å². The summed E-state index contributed by atoms with van der Waals surface area (Å²) < 4.78 is 31.5. The number of carbonyl (C=O) groups excluding carboxylic acids is 3. The van der Waals surface area contributed by atoms with Crippen molar-refractivity contribution in [2.45, 2.75) is 71.6 Å². The Bertz CT molecular complexity index is 1600. The van der Waals surface area contributed by atoms with Gasteiger partial charge in [0.2, 0.25) is 17.7 Å². The van der Waals surface area contributed by atoms with E-state index in [1.165, 1.54) is 20.3 Å². The summed E-state index contributed by atoms with van der Waals surface area (Å²) in [5.41, 5.74) is 1.71. The fourth-order valence-electron chi connectivity index (χ4n) is 5.48. The number of fused-ring (bicyclic) bond motifs is 1. The maximum atomic E-state index is 13.8. The smallest absolute Gasteiger partial charge is 0.282 e. The van der Waals surface area contributed by atoms with Crippen LogP contribution < -0.4 is 16.0 Å². The molecule has 0 unspecified atom stereocenters. The highest BCUT2D eigenvalue weighted by Gasteiger charge is 2.31. The van der Waals surface area contributed by atoms with Crippen LogP contribution in [0.2, 0.25) is 0 Å². The molecule has 3 amide bonds. The second-order valence-corrected chi connectivity index (χ2v) is 14.2. The Kier molecular flexibility index (Phi) is 12.6. The first-order valence-electron chi connectivity index (χ1n) is 16.0. The Morgan fingerprint density at radius 2 is 1.55 bits per heavy atom. The van der Waals surface area contributed by atoms with E-state index in [0.29, 0.717) is 18.1 Å². The van der Waals surface area contributed by atoms with Crippen molar-refractivity contribution in [1.82, 2.24) is 39.3 Å². The van der Waals surface area contributed by atoms with Crippen LogP contribution in [0.1, 0.15) is 61.9 Å². The van der Waals surface area contributed by atoms with Crippen LogP contribution in [0, 0.1) is 12.8 Å². The van der Waals surface area contributed by atoms with Crippen LogP contribution in [-0.2, 0) is 44.1 Å². The number of nitrogens with zero attached hydrogens (tertiary/aromatic N) is 5. The maximum absolute atomic E-state index is 13.8. The van der Waals surface area contributed by atoms with E-state index < -0.39 is 28.2 Å². The molecule has 13 nitrogen and oxygen atoms in total. The lowest BCUT2D eigenvalue weighted by Crippen LogP contribution is -2.50. The number of hydrogen-bond donors (Lipinski definition) is 3. The normalized spacial score (nSPS) is 19.7. The van der Waals surface area contributed by atoms with Crippen LogP contribution in [0.3, 0.4) is 0 Å². The van der Waals surface area contributed by atoms with Crippen molar-refractivity contribution in [2.75, 3.05) is 26.7 Å². The molecule has 0 bridgehead atoms. The fraction of sp³-hybridized carbons (Fsp3) is 0.485. The number of aromatic nitrogens is 3. The third-order valence-corrected chi connectivity index (χ3v) is 9.90. The molecular formula is C33H46N8O5S. The standard InChI is InChI=1S/C33H46N8O5S/c1-24(2)31-32-35-25(3)38-41(32)23-30(43)34-18-12-20-40(47(45,46)39(4)22-27-15-9-6-10-16-27)19-11-17-29(42)36-28(33(44)37-31)21-26-13-7-5-8-14-26/h5-10,13-16,24,28,31H,11-12,17-23H2,1-4H3,(H,34,43)(H,36,42)(H,37,44)/t28-,31+/m1/s1. The zero-order valence-corrected chi connectivity index (χ0v) is 28.4. The number of carbonyl (C=O) groups is 3. The topological polar surface area (TPSA) is 159 Å². The molecule has 2 atom stereocenters. The molecule has 0 fully saturated rings. The van der Waals surface area contributed by atoms with Crippen LogP contribution in [0.25, 0.3) is 0 Å². The van der Waals surface area contributed by atoms with Crippen molar-refractivity contribution in [3.05, 3.63) is 83.4 Å². The van der Waals surface area contributed by atoms with E-state index in [2.05, 4.69) is 26.0 Å². The minimum atomic E-state index is -3.90. The molecule has 0 aliphatic carbocycles. The van der Waals surface area contributed by atoms with Crippen molar-refractivity contribution in [1.29, 1.82) is 0 Å². The van der Waals surface area contributed by atoms with E-state index in [1.807, 2.05) is 74.5 Å². The molecule has 0 saturated heterocycles. The molecule has 1 aromatic heterocycles. The van der Waals surface area contributed by atoms with Gasteiger partial charge >= 0.3 is 0 Å². The Hall–Kier alpha value is -4.14. The molecule has 0 saturated carbocycles. The van der Waals surface area contributed by atoms with E-state index in [-0.39, 0.29) is 69.7 Å². The van der Waals surface area contributed by atoms with Crippen molar-refractivity contribution in [3.8, 4) is 0 Å². The molecule has 47 heavy (non-hydrogen) atoms. The van der Waals surface area contributed by atoms with Crippen LogP contribution in [0.4, 0.5) is 0 Å². The van der Waals surface area contributed by atoms with Crippen LogP contribution in [0.15, 0.2) is 60.7 Å². The summed E-state index contributed by atoms with van der Waals surface area (Å²) in [7, 11) is -2.37. The quantitative estimate of drug-likeness (QED) is 0.349. The van der Waals surface area contributed by atoms with E-state index in [9.17, 15) is 22.8 Å². The van der Waals surface area contributed by atoms with E-state index in [4.69, 9.17) is 0 Å². The van der Waals surface area contributed by atoms with Gasteiger partial charge in [-0.05, 0) is 36.8 Å². The van der Waals surface area contributed by atoms with Crippen molar-refractivity contribution >= 4 is 27.9 Å². The minimum Gasteiger partial charge on any atom is -0.354 e. The molecule has 14 heteroatoms. The Morgan fingerprint density at radius 1 is 0.915 bits per heavy atom. The van der Waals surface area contributed by atoms with Crippen LogP contribution >= 0.6 is 0 Å². The molecule has 3 aromatic rings. The van der Waals surface area contributed by atoms with Gasteiger partial charge in [-0.3, -0.25) is 14.4 Å². The third kappa shape index (κ3) is 10.2. The van der Waals surface area contributed by atoms with Gasteiger partial charge in [-0.15, -0.1) is 0 Å². The molecule has 0 radical (unpaired) electrons. The second-order valence-electron chi connectivity index (χ2n) is 12.2. The number of nitrogens with one attached hydrogen (secondary N) is 3. The van der Waals surface area contributed by atoms with Gasteiger partial charge in [-0.2, -0.15) is 22.1 Å². The van der Waals surface area contributed by atoms with Gasteiger partial charge in [0.1, 0.15) is 18.4 Å². The maximum Gasteiger partial charge on any atom is 0.282 e. The number of aryl methyl sites for hydroxylation is 1. The van der Waals surface area contributed by atoms with Crippen molar-refractivity contribution < 1.29 is 22.8 Å². The predicted octanol–water partition coefficient (Wildman–Crippen LogP) is 2.11. The second kappa shape index (κ2) is 16.6. The number of hydrogen-bond acceptors (Lipinski definition) is 7. The van der Waals surface area contributed by atoms with Gasteiger partial charge in [-0.25, -0.2) is 9.67 Å².